The van der Waals surface area contributed by atoms with Crippen molar-refractivity contribution in [2.45, 2.75) is 0 Å². The van der Waals surface area contributed by atoms with Gasteiger partial charge < -0.3 is 0 Å². The summed E-state index contributed by atoms with van der Waals surface area (Å²) in [5.74, 6) is 2.13. The first-order valence-electron chi connectivity index (χ1n) is 49.6. The average Bonchev–Trinajstić information content (AvgIpc) is 0.726. The van der Waals surface area contributed by atoms with Crippen molar-refractivity contribution in [2.75, 3.05) is 0 Å². The van der Waals surface area contributed by atoms with E-state index in [4.69, 9.17) is 44.9 Å². The van der Waals surface area contributed by atoms with Crippen LogP contribution in [0.2, 0.25) is 0 Å². The molecule has 0 radical (unpaired) electrons. The lowest BCUT2D eigenvalue weighted by atomic mass is 9.87. The Kier molecular flexibility index (Phi) is 23.1. The molecule has 0 bridgehead atoms. The van der Waals surface area contributed by atoms with E-state index in [1.54, 1.807) is 0 Å². The van der Waals surface area contributed by atoms with Gasteiger partial charge in [0.05, 0.1) is 84.3 Å². The molecule has 12 nitrogen and oxygen atoms in total. The normalized spacial score (nSPS) is 11.4. The van der Waals surface area contributed by atoms with Crippen LogP contribution in [0.3, 0.4) is 0 Å². The Balaban J connectivity index is 0.000000112. The number of benzene rings is 19. The molecule has 28 aromatic rings. The van der Waals surface area contributed by atoms with E-state index >= 15 is 0 Å². The molecule has 148 heavy (non-hydrogen) atoms. The maximum Gasteiger partial charge on any atom is 0.161 e. The van der Waals surface area contributed by atoms with Crippen LogP contribution in [0.5, 0.6) is 0 Å². The summed E-state index contributed by atoms with van der Waals surface area (Å²) in [6, 6.07) is 175. The van der Waals surface area contributed by atoms with E-state index in [0.717, 1.165) is 232 Å². The molecule has 0 atom stereocenters. The zero-order valence-corrected chi connectivity index (χ0v) is 80.0. The Morgan fingerprint density at radius 3 is 0.696 bits per heavy atom. The molecule has 19 aromatic carbocycles. The zero-order chi connectivity index (χ0) is 98.2. The molecule has 0 saturated carbocycles. The number of hydrogen-bond donors (Lipinski definition) is 0. The van der Waals surface area contributed by atoms with Crippen molar-refractivity contribution in [3.63, 3.8) is 0 Å². The Morgan fingerprint density at radius 1 is 0.115 bits per heavy atom. The van der Waals surface area contributed by atoms with Gasteiger partial charge in [0.25, 0.3) is 0 Å². The molecule has 0 aliphatic carbocycles. The van der Waals surface area contributed by atoms with Gasteiger partial charge in [0, 0.05) is 118 Å². The smallest absolute Gasteiger partial charge is 0.161 e. The van der Waals surface area contributed by atoms with E-state index in [-0.39, 0.29) is 0 Å². The fraction of sp³-hybridized carbons (Fsp3) is 0. The average molecular weight is 1890 g/mol. The van der Waals surface area contributed by atoms with Crippen molar-refractivity contribution in [2.24, 2.45) is 0 Å². The molecule has 0 N–H and O–H groups in total. The van der Waals surface area contributed by atoms with Gasteiger partial charge in [-0.25, -0.2) is 44.9 Å². The maximum atomic E-state index is 5.27. The molecule has 28 rings (SSSR count). The van der Waals surface area contributed by atoms with Crippen LogP contribution in [-0.2, 0) is 0 Å². The zero-order valence-electron chi connectivity index (χ0n) is 80.0. The summed E-state index contributed by atoms with van der Waals surface area (Å²) < 4.78 is 0. The third-order valence-electron chi connectivity index (χ3n) is 27.8. The van der Waals surface area contributed by atoms with E-state index < -0.39 is 0 Å². The molecular weight excluding hydrogens is 1800 g/mol. The van der Waals surface area contributed by atoms with Gasteiger partial charge in [0.15, 0.2) is 17.5 Å². The molecule has 12 heteroatoms. The summed E-state index contributed by atoms with van der Waals surface area (Å²) >= 11 is 0. The van der Waals surface area contributed by atoms with E-state index in [1.165, 1.54) is 27.5 Å². The topological polar surface area (TPSA) is 155 Å². The van der Waals surface area contributed by atoms with Crippen LogP contribution in [-0.4, -0.2) is 59.8 Å². The number of fused-ring (bicyclic) bond motifs is 13. The molecule has 0 amide bonds. The molecular formula is C136H86N12. The summed E-state index contributed by atoms with van der Waals surface area (Å²) in [4.78, 5) is 59.8. The van der Waals surface area contributed by atoms with Crippen LogP contribution >= 0.6 is 0 Å². The Hall–Kier alpha value is -20.1. The predicted molar refractivity (Wildman–Crippen MR) is 609 cm³/mol. The summed E-state index contributed by atoms with van der Waals surface area (Å²) in [5, 5.41) is 15.7. The van der Waals surface area contributed by atoms with Gasteiger partial charge in [-0.05, 0) is 131 Å². The molecule has 0 saturated heterocycles. The molecule has 0 aliphatic heterocycles. The quantitative estimate of drug-likeness (QED) is 0.0709. The Bertz CT molecular complexity index is 9710. The summed E-state index contributed by atoms with van der Waals surface area (Å²) in [7, 11) is 0. The molecule has 0 spiro atoms. The molecule has 9 heterocycles. The number of hydrogen-bond acceptors (Lipinski definition) is 12. The van der Waals surface area contributed by atoms with Gasteiger partial charge in [0.2, 0.25) is 0 Å². The van der Waals surface area contributed by atoms with Crippen molar-refractivity contribution >= 4 is 109 Å². The van der Waals surface area contributed by atoms with Crippen LogP contribution in [0.25, 0.3) is 277 Å². The van der Waals surface area contributed by atoms with E-state index in [1.807, 2.05) is 122 Å². The van der Waals surface area contributed by atoms with Crippen LogP contribution in [0.4, 0.5) is 0 Å². The van der Waals surface area contributed by atoms with Crippen molar-refractivity contribution in [1.29, 1.82) is 0 Å². The number of nitrogens with zero attached hydrogens (tertiary/aromatic N) is 12. The van der Waals surface area contributed by atoms with Gasteiger partial charge in [0.1, 0.15) is 0 Å². The van der Waals surface area contributed by atoms with Gasteiger partial charge >= 0.3 is 0 Å². The van der Waals surface area contributed by atoms with Crippen LogP contribution < -0.4 is 0 Å². The van der Waals surface area contributed by atoms with Crippen molar-refractivity contribution < 1.29 is 0 Å². The van der Waals surface area contributed by atoms with Crippen molar-refractivity contribution in [1.82, 2.24) is 59.8 Å². The first-order chi connectivity index (χ1) is 73.3. The van der Waals surface area contributed by atoms with Crippen LogP contribution in [0.15, 0.2) is 522 Å². The minimum absolute atomic E-state index is 0.707. The minimum Gasteiger partial charge on any atom is -0.254 e. The molecule has 690 valence electrons. The third kappa shape index (κ3) is 17.1. The lowest BCUT2D eigenvalue weighted by Crippen LogP contribution is -1.98. The predicted octanol–water partition coefficient (Wildman–Crippen LogP) is 34.3. The third-order valence-corrected chi connectivity index (χ3v) is 27.8. The largest absolute Gasteiger partial charge is 0.254 e. The van der Waals surface area contributed by atoms with Gasteiger partial charge in [-0.15, -0.1) is 0 Å². The second-order valence-electron chi connectivity index (χ2n) is 36.8. The van der Waals surface area contributed by atoms with Crippen LogP contribution in [0, 0.1) is 0 Å². The Morgan fingerprint density at radius 2 is 0.345 bits per heavy atom. The lowest BCUT2D eigenvalue weighted by molar-refractivity contribution is 1.18. The highest BCUT2D eigenvalue weighted by atomic mass is 14.9. The summed E-state index contributed by atoms with van der Waals surface area (Å²) in [5.41, 5.74) is 33.2. The van der Waals surface area contributed by atoms with Gasteiger partial charge in [-0.2, -0.15) is 0 Å². The second-order valence-corrected chi connectivity index (χ2v) is 36.8. The van der Waals surface area contributed by atoms with E-state index in [0.29, 0.717) is 17.5 Å². The fourth-order valence-corrected chi connectivity index (χ4v) is 20.5. The van der Waals surface area contributed by atoms with Gasteiger partial charge in [-0.3, -0.25) is 15.0 Å². The monoisotopic (exact) mass is 1890 g/mol. The SMILES string of the molecule is c1ccc(-c2cc(-c3ccc(-c4ccc(-c5ccc6ccc7cccnc7c6n5)c5ccccc45)cc3)nc(-c3ccccc3)n2)cc1.c1ccc(-c2cc(-c3ccc(-c4ccc(-c5ccc6ccc7cccnc7c6n5)cc4)c4ccccc34)nc(-c3ccccc3)n2)cc1.c1ccc(-c2cc(-c3ccccc3)nc(-c3c4ccccc4c(-c4ccc(-c5ccc6ccc7cccnc7c6n5)cc4)c4ccccc34)n2)cc1. The first-order valence-corrected chi connectivity index (χ1v) is 49.6. The standard InChI is InChI=1S/C48H30N4.2C44H28N4/c1-3-12-31(13-4-1)42-30-43(32-14-5-2-6-15-32)52-48(51-42)45-39-19-9-7-17-37(39)44(38-18-8-10-20-40(38)45)34-23-21-33(22-24-34)41-28-27-36-26-25-35-16-11-29-49-46(35)47(36)50-41;1-3-10-30(11-4-1)40-28-41(48-44(47-40)34-12-5-2-6-13-34)31-19-17-29(18-20-31)35-24-25-38(37-16-8-7-15-36(35)37)39-26-23-33-22-21-32-14-9-27-45-42(32)43(33)46-39;1-3-10-30(11-4-1)40-28-41(48-44(47-40)34-12-5-2-6-13-34)38-25-24-35(36-15-7-8-16-37(36)38)29-17-19-31(20-18-29)39-26-23-33-22-21-32-14-9-27-45-42(32)43(33)46-39/h1-30H;2*1-28H. The molecule has 0 unspecified atom stereocenters. The molecule has 0 fully saturated rings. The summed E-state index contributed by atoms with van der Waals surface area (Å²) in [6.07, 6.45) is 5.50. The molecule has 9 aromatic heterocycles. The number of pyridine rings is 6. The highest BCUT2D eigenvalue weighted by Crippen LogP contribution is 2.47. The lowest BCUT2D eigenvalue weighted by Gasteiger charge is -2.18. The minimum atomic E-state index is 0.707. The maximum absolute atomic E-state index is 5.27. The fourth-order valence-electron chi connectivity index (χ4n) is 20.5. The van der Waals surface area contributed by atoms with Crippen molar-refractivity contribution in [3.8, 4) is 169 Å². The highest BCUT2D eigenvalue weighted by Gasteiger charge is 2.24. The number of rotatable bonds is 15. The first kappa shape index (κ1) is 88.1. The highest BCUT2D eigenvalue weighted by molar-refractivity contribution is 6.21. The number of aromatic nitrogens is 12. The molecule has 0 aliphatic rings. The second kappa shape index (κ2) is 38.7. The van der Waals surface area contributed by atoms with Crippen molar-refractivity contribution in [3.05, 3.63) is 522 Å². The van der Waals surface area contributed by atoms with Crippen LogP contribution in [0.1, 0.15) is 0 Å². The Labute approximate surface area is 853 Å². The van der Waals surface area contributed by atoms with E-state index in [9.17, 15) is 0 Å². The summed E-state index contributed by atoms with van der Waals surface area (Å²) in [6.45, 7) is 0. The van der Waals surface area contributed by atoms with Gasteiger partial charge in [-0.1, -0.05) is 449 Å². The van der Waals surface area contributed by atoms with E-state index in [2.05, 4.69) is 415 Å².